The number of nitrogens with one attached hydrogen (secondary N) is 1. The van der Waals surface area contributed by atoms with Gasteiger partial charge in [0.25, 0.3) is 6.85 Å². The molecule has 3 rings (SSSR count). The molecule has 0 radical (unpaired) electrons. The zero-order valence-corrected chi connectivity index (χ0v) is 10.4. The number of halogens is 1. The van der Waals surface area contributed by atoms with Gasteiger partial charge in [-0.2, -0.15) is 0 Å². The van der Waals surface area contributed by atoms with Gasteiger partial charge in [-0.1, -0.05) is 52.3 Å². The van der Waals surface area contributed by atoms with Gasteiger partial charge in [-0.3, -0.25) is 0 Å². The zero-order chi connectivity index (χ0) is 11.0. The van der Waals surface area contributed by atoms with Crippen LogP contribution in [0.5, 0.6) is 0 Å². The van der Waals surface area contributed by atoms with Gasteiger partial charge in [-0.15, -0.1) is 0 Å². The van der Waals surface area contributed by atoms with Crippen LogP contribution in [0.15, 0.2) is 53.0 Å². The summed E-state index contributed by atoms with van der Waals surface area (Å²) < 4.78 is 1.18. The lowest BCUT2D eigenvalue weighted by Gasteiger charge is -2.09. The Morgan fingerprint density at radius 2 is 1.75 bits per heavy atom. The maximum absolute atomic E-state index is 3.61. The highest BCUT2D eigenvalue weighted by molar-refractivity contribution is 9.10. The summed E-state index contributed by atoms with van der Waals surface area (Å²) >= 11 is 3.61. The van der Waals surface area contributed by atoms with E-state index in [1.807, 2.05) is 0 Å². The second-order valence-corrected chi connectivity index (χ2v) is 4.93. The molecule has 0 fully saturated rings. The first-order valence-corrected chi connectivity index (χ1v) is 6.23. The Kier molecular flexibility index (Phi) is 2.48. The molecular weight excluding hydrogens is 261 g/mol. The van der Waals surface area contributed by atoms with Crippen LogP contribution < -0.4 is 10.7 Å². The molecule has 0 aromatic heterocycles. The Labute approximate surface area is 104 Å². The predicted molar refractivity (Wildman–Crippen MR) is 73.3 cm³/mol. The minimum Gasteiger partial charge on any atom is -0.424 e. The smallest absolute Gasteiger partial charge is 0.291 e. The lowest BCUT2D eigenvalue weighted by molar-refractivity contribution is 1.43. The first kappa shape index (κ1) is 9.97. The highest BCUT2D eigenvalue weighted by Crippen LogP contribution is 2.24. The molecule has 1 N–H and O–H groups in total. The predicted octanol–water partition coefficient (Wildman–Crippen LogP) is 2.86. The normalized spacial score (nSPS) is 13.4. The van der Waals surface area contributed by atoms with Crippen molar-refractivity contribution < 1.29 is 0 Å². The number of rotatable bonds is 1. The Balaban J connectivity index is 1.95. The molecule has 0 unspecified atom stereocenters. The number of fused-ring (bicyclic) bond motifs is 1. The average molecular weight is 272 g/mol. The maximum atomic E-state index is 3.61. The zero-order valence-electron chi connectivity index (χ0n) is 8.78. The van der Waals surface area contributed by atoms with Crippen molar-refractivity contribution in [3.63, 3.8) is 0 Å². The van der Waals surface area contributed by atoms with E-state index in [0.717, 1.165) is 6.32 Å². The minimum atomic E-state index is 0.396. The summed E-state index contributed by atoms with van der Waals surface area (Å²) in [6.45, 7) is 0.396. The van der Waals surface area contributed by atoms with Crippen molar-refractivity contribution >= 4 is 33.9 Å². The molecule has 16 heavy (non-hydrogen) atoms. The molecule has 0 atom stereocenters. The van der Waals surface area contributed by atoms with Gasteiger partial charge < -0.3 is 5.23 Å². The van der Waals surface area contributed by atoms with E-state index in [1.165, 1.54) is 21.2 Å². The third kappa shape index (κ3) is 1.65. The summed E-state index contributed by atoms with van der Waals surface area (Å²) in [5, 5.41) is 3.56. The number of hydrogen-bond donors (Lipinski definition) is 1. The summed E-state index contributed by atoms with van der Waals surface area (Å²) in [6.07, 6.45) is 1.07. The Hall–Kier alpha value is -1.22. The van der Waals surface area contributed by atoms with Gasteiger partial charge in [-0.05, 0) is 29.5 Å². The van der Waals surface area contributed by atoms with Crippen LogP contribution in [0.1, 0.15) is 5.56 Å². The molecule has 78 valence electrons. The standard InChI is InChI=1S/C13H11BBrN/c15-12-7-3-2-6-11(12)14-9-10-5-1-4-8-13(10)16-14/h1-8,16H,9H2. The molecule has 1 aliphatic rings. The summed E-state index contributed by atoms with van der Waals surface area (Å²) in [6, 6.07) is 16.9. The van der Waals surface area contributed by atoms with E-state index in [0.29, 0.717) is 6.85 Å². The first-order chi connectivity index (χ1) is 7.84. The quantitative estimate of drug-likeness (QED) is 0.787. The molecule has 0 aliphatic carbocycles. The summed E-state index contributed by atoms with van der Waals surface area (Å²) in [7, 11) is 0. The molecular formula is C13H11BBrN. The van der Waals surface area contributed by atoms with Gasteiger partial charge in [0.15, 0.2) is 0 Å². The van der Waals surface area contributed by atoms with Crippen LogP contribution >= 0.6 is 15.9 Å². The van der Waals surface area contributed by atoms with E-state index >= 15 is 0 Å². The second kappa shape index (κ2) is 3.98. The van der Waals surface area contributed by atoms with E-state index in [9.17, 15) is 0 Å². The van der Waals surface area contributed by atoms with Gasteiger partial charge >= 0.3 is 0 Å². The van der Waals surface area contributed by atoms with Crippen molar-refractivity contribution in [1.82, 2.24) is 0 Å². The van der Waals surface area contributed by atoms with Crippen molar-refractivity contribution in [2.75, 3.05) is 5.23 Å². The molecule has 0 saturated heterocycles. The van der Waals surface area contributed by atoms with Gasteiger partial charge in [0, 0.05) is 10.2 Å². The van der Waals surface area contributed by atoms with Gasteiger partial charge in [0.2, 0.25) is 0 Å². The molecule has 1 heterocycles. The second-order valence-electron chi connectivity index (χ2n) is 4.08. The minimum absolute atomic E-state index is 0.396. The van der Waals surface area contributed by atoms with E-state index < -0.39 is 0 Å². The number of benzene rings is 2. The molecule has 2 aromatic carbocycles. The van der Waals surface area contributed by atoms with Crippen molar-refractivity contribution in [3.05, 3.63) is 58.6 Å². The lowest BCUT2D eigenvalue weighted by Crippen LogP contribution is -2.37. The molecule has 0 amide bonds. The molecule has 0 bridgehead atoms. The molecule has 3 heteroatoms. The van der Waals surface area contributed by atoms with Crippen molar-refractivity contribution in [1.29, 1.82) is 0 Å². The van der Waals surface area contributed by atoms with Gasteiger partial charge in [0.05, 0.1) is 0 Å². The first-order valence-electron chi connectivity index (χ1n) is 5.43. The van der Waals surface area contributed by atoms with E-state index in [4.69, 9.17) is 0 Å². The SMILES string of the molecule is Brc1ccccc1B1Cc2ccccc2N1. The van der Waals surface area contributed by atoms with Crippen LogP contribution in [0.2, 0.25) is 0 Å². The molecule has 1 aliphatic heterocycles. The van der Waals surface area contributed by atoms with E-state index in [2.05, 4.69) is 69.7 Å². The summed E-state index contributed by atoms with van der Waals surface area (Å²) in [5.41, 5.74) is 4.00. The fraction of sp³-hybridized carbons (Fsp3) is 0.0769. The monoisotopic (exact) mass is 271 g/mol. The third-order valence-electron chi connectivity index (χ3n) is 3.05. The third-order valence-corrected chi connectivity index (χ3v) is 3.77. The Morgan fingerprint density at radius 1 is 1.00 bits per heavy atom. The molecule has 1 nitrogen and oxygen atoms in total. The summed E-state index contributed by atoms with van der Waals surface area (Å²) in [4.78, 5) is 0. The highest BCUT2D eigenvalue weighted by Gasteiger charge is 2.27. The summed E-state index contributed by atoms with van der Waals surface area (Å²) in [5.74, 6) is 0. The van der Waals surface area contributed by atoms with Crippen LogP contribution in [0, 0.1) is 0 Å². The van der Waals surface area contributed by atoms with Crippen LogP contribution in [-0.4, -0.2) is 6.85 Å². The van der Waals surface area contributed by atoms with E-state index in [-0.39, 0.29) is 0 Å². The van der Waals surface area contributed by atoms with Crippen LogP contribution in [0.3, 0.4) is 0 Å². The molecule has 0 spiro atoms. The van der Waals surface area contributed by atoms with Crippen molar-refractivity contribution in [2.45, 2.75) is 6.32 Å². The Bertz CT molecular complexity index is 502. The average Bonchev–Trinajstić information content (AvgIpc) is 2.73. The Morgan fingerprint density at radius 3 is 2.56 bits per heavy atom. The topological polar surface area (TPSA) is 12.0 Å². The van der Waals surface area contributed by atoms with Crippen molar-refractivity contribution in [2.24, 2.45) is 0 Å². The van der Waals surface area contributed by atoms with Gasteiger partial charge in [0.1, 0.15) is 0 Å². The van der Waals surface area contributed by atoms with Crippen LogP contribution in [0.4, 0.5) is 5.69 Å². The molecule has 2 aromatic rings. The number of anilines is 1. The fourth-order valence-corrected chi connectivity index (χ4v) is 2.80. The number of para-hydroxylation sites is 1. The van der Waals surface area contributed by atoms with E-state index in [1.54, 1.807) is 0 Å². The maximum Gasteiger partial charge on any atom is 0.291 e. The lowest BCUT2D eigenvalue weighted by atomic mass is 9.54. The molecule has 0 saturated carbocycles. The van der Waals surface area contributed by atoms with Crippen molar-refractivity contribution in [3.8, 4) is 0 Å². The largest absolute Gasteiger partial charge is 0.424 e. The fourth-order valence-electron chi connectivity index (χ4n) is 2.24. The van der Waals surface area contributed by atoms with Crippen LogP contribution in [-0.2, 0) is 6.32 Å². The van der Waals surface area contributed by atoms with Crippen LogP contribution in [0.25, 0.3) is 0 Å². The number of hydrogen-bond acceptors (Lipinski definition) is 1. The van der Waals surface area contributed by atoms with Gasteiger partial charge in [-0.25, -0.2) is 0 Å². The highest BCUT2D eigenvalue weighted by atomic mass is 79.9.